The van der Waals surface area contributed by atoms with Crippen LogP contribution in [0.2, 0.25) is 18.6 Å². The van der Waals surface area contributed by atoms with Crippen molar-refractivity contribution in [3.8, 4) is 5.69 Å². The summed E-state index contributed by atoms with van der Waals surface area (Å²) in [6.45, 7) is 4.77. The molecule has 0 saturated heterocycles. The highest BCUT2D eigenvalue weighted by Crippen LogP contribution is 2.38. The highest BCUT2D eigenvalue weighted by atomic mass is 28.3. The van der Waals surface area contributed by atoms with Crippen molar-refractivity contribution < 1.29 is 5.11 Å². The van der Waals surface area contributed by atoms with E-state index in [1.54, 1.807) is 24.3 Å². The third-order valence-electron chi connectivity index (χ3n) is 5.85. The SMILES string of the molecule is C[Si](C)(c1ccccc1)[C@H]1Cn2c(=O)n(-c3ccccc3)c(=O)n2[C@@H]1CO. The van der Waals surface area contributed by atoms with Crippen molar-refractivity contribution in [2.24, 2.45) is 0 Å². The van der Waals surface area contributed by atoms with Gasteiger partial charge in [0.1, 0.15) is 0 Å². The standard InChI is InChI=1S/C20H23N3O3Si/c1-27(2,16-11-7-4-8-12-16)18-13-21-19(25)22(15-9-5-3-6-10-15)20(26)23(21)17(18)14-24/h3-12,17-18,24H,13-14H2,1-2H3/t17-,18+/m1/s1. The van der Waals surface area contributed by atoms with E-state index in [0.29, 0.717) is 12.2 Å². The molecule has 0 spiro atoms. The number of fused-ring (bicyclic) bond motifs is 1. The van der Waals surface area contributed by atoms with Gasteiger partial charge in [-0.3, -0.25) is 0 Å². The third kappa shape index (κ3) is 2.65. The Morgan fingerprint density at radius 3 is 2.15 bits per heavy atom. The van der Waals surface area contributed by atoms with Crippen LogP contribution >= 0.6 is 0 Å². The second-order valence-electron chi connectivity index (χ2n) is 7.61. The average molecular weight is 382 g/mol. The summed E-state index contributed by atoms with van der Waals surface area (Å²) in [7, 11) is -2.02. The molecular formula is C20H23N3O3Si. The number of hydrogen-bond acceptors (Lipinski definition) is 3. The van der Waals surface area contributed by atoms with E-state index in [-0.39, 0.29) is 23.5 Å². The molecule has 0 aliphatic carbocycles. The molecule has 0 saturated carbocycles. The van der Waals surface area contributed by atoms with Gasteiger partial charge in [-0.15, -0.1) is 0 Å². The summed E-state index contributed by atoms with van der Waals surface area (Å²) < 4.78 is 4.17. The van der Waals surface area contributed by atoms with Gasteiger partial charge in [0, 0.05) is 12.1 Å². The average Bonchev–Trinajstić information content (AvgIpc) is 3.20. The third-order valence-corrected chi connectivity index (χ3v) is 10.1. The van der Waals surface area contributed by atoms with Gasteiger partial charge in [0.15, 0.2) is 0 Å². The fraction of sp³-hybridized carbons (Fsp3) is 0.300. The second kappa shape index (κ2) is 6.51. The van der Waals surface area contributed by atoms with E-state index in [2.05, 4.69) is 25.2 Å². The molecule has 4 rings (SSSR count). The van der Waals surface area contributed by atoms with Crippen LogP contribution in [0.4, 0.5) is 0 Å². The smallest absolute Gasteiger partial charge is 0.352 e. The zero-order valence-electron chi connectivity index (χ0n) is 15.4. The summed E-state index contributed by atoms with van der Waals surface area (Å²) in [5.41, 5.74) is -0.110. The topological polar surface area (TPSA) is 69.2 Å². The Morgan fingerprint density at radius 1 is 0.963 bits per heavy atom. The molecule has 6 nitrogen and oxygen atoms in total. The molecule has 0 fully saturated rings. The number of rotatable bonds is 4. The van der Waals surface area contributed by atoms with E-state index in [1.807, 2.05) is 24.3 Å². The van der Waals surface area contributed by atoms with Crippen LogP contribution < -0.4 is 16.6 Å². The Morgan fingerprint density at radius 2 is 1.56 bits per heavy atom. The molecule has 27 heavy (non-hydrogen) atoms. The molecule has 7 heteroatoms. The van der Waals surface area contributed by atoms with Crippen LogP contribution in [-0.4, -0.2) is 33.7 Å². The molecule has 1 aromatic heterocycles. The van der Waals surface area contributed by atoms with Gasteiger partial charge in [0.25, 0.3) is 0 Å². The maximum atomic E-state index is 13.1. The predicted molar refractivity (Wildman–Crippen MR) is 108 cm³/mol. The molecule has 3 aromatic rings. The van der Waals surface area contributed by atoms with Crippen LogP contribution in [0, 0.1) is 0 Å². The van der Waals surface area contributed by atoms with Crippen molar-refractivity contribution in [3.63, 3.8) is 0 Å². The van der Waals surface area contributed by atoms with Gasteiger partial charge in [0.2, 0.25) is 0 Å². The molecule has 1 aliphatic heterocycles. The van der Waals surface area contributed by atoms with Crippen molar-refractivity contribution in [2.75, 3.05) is 6.61 Å². The van der Waals surface area contributed by atoms with Gasteiger partial charge in [-0.05, 0) is 12.1 Å². The lowest BCUT2D eigenvalue weighted by molar-refractivity contribution is 0.224. The molecule has 0 unspecified atom stereocenters. The summed E-state index contributed by atoms with van der Waals surface area (Å²) in [6.07, 6.45) is 0. The lowest BCUT2D eigenvalue weighted by atomic mass is 10.2. The highest BCUT2D eigenvalue weighted by Gasteiger charge is 2.46. The van der Waals surface area contributed by atoms with Crippen molar-refractivity contribution >= 4 is 13.3 Å². The Balaban J connectivity index is 1.82. The van der Waals surface area contributed by atoms with Crippen molar-refractivity contribution in [1.82, 2.24) is 13.9 Å². The number of para-hydroxylation sites is 1. The Kier molecular flexibility index (Phi) is 4.28. The molecule has 140 valence electrons. The fourth-order valence-electron chi connectivity index (χ4n) is 4.25. The molecule has 0 radical (unpaired) electrons. The van der Waals surface area contributed by atoms with E-state index >= 15 is 0 Å². The number of aliphatic hydroxyl groups is 1. The number of aliphatic hydroxyl groups excluding tert-OH is 1. The molecule has 2 aromatic carbocycles. The predicted octanol–water partition coefficient (Wildman–Crippen LogP) is 1.33. The molecule has 2 atom stereocenters. The molecule has 0 bridgehead atoms. The monoisotopic (exact) mass is 381 g/mol. The second-order valence-corrected chi connectivity index (χ2v) is 12.4. The van der Waals surface area contributed by atoms with Crippen molar-refractivity contribution in [3.05, 3.63) is 81.6 Å². The van der Waals surface area contributed by atoms with E-state index in [0.717, 1.165) is 0 Å². The molecule has 1 N–H and O–H groups in total. The number of aromatic nitrogens is 3. The van der Waals surface area contributed by atoms with Crippen molar-refractivity contribution in [2.45, 2.75) is 31.2 Å². The van der Waals surface area contributed by atoms with Gasteiger partial charge in [-0.2, -0.15) is 0 Å². The molecule has 1 aliphatic rings. The first-order chi connectivity index (χ1) is 13.0. The molecular weight excluding hydrogens is 358 g/mol. The van der Waals surface area contributed by atoms with Crippen LogP contribution in [0.5, 0.6) is 0 Å². The van der Waals surface area contributed by atoms with E-state index in [4.69, 9.17) is 0 Å². The first-order valence-corrected chi connectivity index (χ1v) is 12.2. The highest BCUT2D eigenvalue weighted by molar-refractivity contribution is 6.91. The van der Waals surface area contributed by atoms with Gasteiger partial charge in [-0.1, -0.05) is 66.8 Å². The Hall–Kier alpha value is -2.64. The number of hydrogen-bond donors (Lipinski definition) is 1. The quantitative estimate of drug-likeness (QED) is 0.694. The van der Waals surface area contributed by atoms with Crippen LogP contribution in [0.15, 0.2) is 70.3 Å². The van der Waals surface area contributed by atoms with Crippen LogP contribution in [0.1, 0.15) is 6.04 Å². The van der Waals surface area contributed by atoms with Crippen LogP contribution in [0.25, 0.3) is 5.69 Å². The van der Waals surface area contributed by atoms with Gasteiger partial charge >= 0.3 is 11.4 Å². The van der Waals surface area contributed by atoms with Crippen LogP contribution in [0.3, 0.4) is 0 Å². The van der Waals surface area contributed by atoms with Crippen molar-refractivity contribution in [1.29, 1.82) is 0 Å². The Bertz CT molecular complexity index is 1070. The minimum atomic E-state index is -2.02. The summed E-state index contributed by atoms with van der Waals surface area (Å²) >= 11 is 0. The van der Waals surface area contributed by atoms with Gasteiger partial charge in [0.05, 0.1) is 26.4 Å². The fourth-order valence-corrected chi connectivity index (χ4v) is 7.57. The summed E-state index contributed by atoms with van der Waals surface area (Å²) in [5, 5.41) is 11.4. The molecule has 0 amide bonds. The minimum absolute atomic E-state index is 0.0655. The zero-order valence-corrected chi connectivity index (χ0v) is 16.4. The minimum Gasteiger partial charge on any atom is -0.394 e. The van der Waals surface area contributed by atoms with E-state index < -0.39 is 14.1 Å². The number of benzene rings is 2. The summed E-state index contributed by atoms with van der Waals surface area (Å²) in [4.78, 5) is 26.1. The van der Waals surface area contributed by atoms with Gasteiger partial charge in [-0.25, -0.2) is 23.5 Å². The van der Waals surface area contributed by atoms with E-state index in [1.165, 1.54) is 19.1 Å². The maximum Gasteiger partial charge on any atom is 0.352 e. The van der Waals surface area contributed by atoms with Gasteiger partial charge < -0.3 is 5.11 Å². The maximum absolute atomic E-state index is 13.1. The lowest BCUT2D eigenvalue weighted by Gasteiger charge is -2.32. The Labute approximate surface area is 157 Å². The number of nitrogens with zero attached hydrogens (tertiary/aromatic N) is 3. The normalized spacial score (nSPS) is 19.2. The largest absolute Gasteiger partial charge is 0.394 e. The first kappa shape index (κ1) is 17.8. The molecule has 2 heterocycles. The van der Waals surface area contributed by atoms with Crippen LogP contribution in [-0.2, 0) is 6.54 Å². The lowest BCUT2D eigenvalue weighted by Crippen LogP contribution is -2.49. The summed E-state index contributed by atoms with van der Waals surface area (Å²) in [5.74, 6) is 0. The first-order valence-electron chi connectivity index (χ1n) is 9.13. The summed E-state index contributed by atoms with van der Waals surface area (Å²) in [6, 6.07) is 18.8. The van der Waals surface area contributed by atoms with E-state index in [9.17, 15) is 14.7 Å². The zero-order chi connectivity index (χ0) is 19.2.